The summed E-state index contributed by atoms with van der Waals surface area (Å²) in [5.41, 5.74) is 8.75. The fourth-order valence-corrected chi connectivity index (χ4v) is 4.77. The lowest BCUT2D eigenvalue weighted by molar-refractivity contribution is 0.242. The molecular formula is C23H23N3O3S. The molecule has 0 fully saturated rings. The van der Waals surface area contributed by atoms with Crippen molar-refractivity contribution in [3.63, 3.8) is 0 Å². The highest BCUT2D eigenvalue weighted by atomic mass is 32.2. The fourth-order valence-electron chi connectivity index (χ4n) is 3.42. The molecule has 30 heavy (non-hydrogen) atoms. The van der Waals surface area contributed by atoms with E-state index in [0.717, 1.165) is 22.1 Å². The molecule has 4 rings (SSSR count). The monoisotopic (exact) mass is 421 g/mol. The number of nitrogens with zero attached hydrogens (tertiary/aromatic N) is 2. The molecule has 0 amide bonds. The topological polar surface area (TPSA) is 87.2 Å². The zero-order valence-corrected chi connectivity index (χ0v) is 17.6. The van der Waals surface area contributed by atoms with Crippen LogP contribution in [0.4, 0.5) is 0 Å². The molecule has 0 aliphatic heterocycles. The van der Waals surface area contributed by atoms with Crippen LogP contribution in [0.3, 0.4) is 0 Å². The van der Waals surface area contributed by atoms with Gasteiger partial charge in [0.05, 0.1) is 11.0 Å². The summed E-state index contributed by atoms with van der Waals surface area (Å²) in [6.45, 7) is 4.26. The molecule has 0 atom stereocenters. The zero-order valence-electron chi connectivity index (χ0n) is 16.8. The van der Waals surface area contributed by atoms with Crippen molar-refractivity contribution in [3.8, 4) is 16.9 Å². The van der Waals surface area contributed by atoms with Crippen LogP contribution in [0.15, 0.2) is 78.0 Å². The number of ether oxygens (including phenoxy) is 1. The van der Waals surface area contributed by atoms with E-state index < -0.39 is 10.0 Å². The summed E-state index contributed by atoms with van der Waals surface area (Å²) in [6, 6.07) is 17.8. The maximum absolute atomic E-state index is 13.3. The van der Waals surface area contributed by atoms with Crippen LogP contribution in [-0.2, 0) is 16.6 Å². The van der Waals surface area contributed by atoms with Gasteiger partial charge in [-0.25, -0.2) is 17.4 Å². The van der Waals surface area contributed by atoms with E-state index in [1.54, 1.807) is 48.8 Å². The average molecular weight is 422 g/mol. The Bertz CT molecular complexity index is 1300. The molecule has 2 aromatic carbocycles. The molecule has 2 aromatic heterocycles. The molecule has 6 nitrogen and oxygen atoms in total. The zero-order chi connectivity index (χ0) is 21.3. The summed E-state index contributed by atoms with van der Waals surface area (Å²) in [5.74, 6) is 0.693. The van der Waals surface area contributed by atoms with Crippen LogP contribution in [0.5, 0.6) is 5.75 Å². The second-order valence-corrected chi connectivity index (χ2v) is 9.08. The van der Waals surface area contributed by atoms with E-state index in [2.05, 4.69) is 4.98 Å². The Labute approximate surface area is 176 Å². The van der Waals surface area contributed by atoms with E-state index in [4.69, 9.17) is 10.5 Å². The molecule has 7 heteroatoms. The minimum Gasteiger partial charge on any atom is -0.491 e. The third kappa shape index (κ3) is 3.69. The molecule has 0 saturated carbocycles. The molecule has 0 aliphatic carbocycles. The van der Waals surface area contributed by atoms with Gasteiger partial charge in [-0.1, -0.05) is 18.2 Å². The van der Waals surface area contributed by atoms with Gasteiger partial charge in [-0.2, -0.15) is 0 Å². The van der Waals surface area contributed by atoms with E-state index >= 15 is 0 Å². The first-order valence-corrected chi connectivity index (χ1v) is 11.1. The summed E-state index contributed by atoms with van der Waals surface area (Å²) in [4.78, 5) is 4.57. The Morgan fingerprint density at radius 2 is 1.83 bits per heavy atom. The van der Waals surface area contributed by atoms with Crippen molar-refractivity contribution in [1.29, 1.82) is 0 Å². The predicted molar refractivity (Wildman–Crippen MR) is 118 cm³/mol. The Kier molecular flexibility index (Phi) is 5.32. The number of fused-ring (bicyclic) bond motifs is 1. The Morgan fingerprint density at radius 3 is 2.53 bits per heavy atom. The summed E-state index contributed by atoms with van der Waals surface area (Å²) in [6.07, 6.45) is 3.22. The highest BCUT2D eigenvalue weighted by Crippen LogP contribution is 2.34. The Balaban J connectivity index is 1.95. The lowest BCUT2D eigenvalue weighted by atomic mass is 10.0. The molecule has 4 aromatic rings. The van der Waals surface area contributed by atoms with Crippen molar-refractivity contribution in [2.24, 2.45) is 5.73 Å². The third-order valence-corrected chi connectivity index (χ3v) is 6.38. The van der Waals surface area contributed by atoms with Crippen molar-refractivity contribution in [2.45, 2.75) is 31.4 Å². The van der Waals surface area contributed by atoms with Gasteiger partial charge < -0.3 is 10.5 Å². The maximum atomic E-state index is 13.3. The number of hydrogen-bond donors (Lipinski definition) is 1. The highest BCUT2D eigenvalue weighted by molar-refractivity contribution is 7.90. The van der Waals surface area contributed by atoms with Crippen LogP contribution < -0.4 is 10.5 Å². The lowest BCUT2D eigenvalue weighted by Crippen LogP contribution is -2.12. The van der Waals surface area contributed by atoms with Crippen molar-refractivity contribution in [2.75, 3.05) is 0 Å². The largest absolute Gasteiger partial charge is 0.491 e. The molecular weight excluding hydrogens is 398 g/mol. The summed E-state index contributed by atoms with van der Waals surface area (Å²) in [5, 5.41) is 0.738. The van der Waals surface area contributed by atoms with Crippen LogP contribution in [0, 0.1) is 0 Å². The maximum Gasteiger partial charge on any atom is 0.269 e. The molecule has 0 spiro atoms. The van der Waals surface area contributed by atoms with Crippen LogP contribution in [-0.4, -0.2) is 23.5 Å². The number of benzene rings is 2. The second-order valence-electron chi connectivity index (χ2n) is 7.27. The Morgan fingerprint density at radius 1 is 1.07 bits per heavy atom. The molecule has 2 heterocycles. The van der Waals surface area contributed by atoms with Gasteiger partial charge in [0.25, 0.3) is 10.0 Å². The first-order valence-electron chi connectivity index (χ1n) is 9.68. The molecule has 2 N–H and O–H groups in total. The third-order valence-electron chi connectivity index (χ3n) is 4.72. The Hall–Kier alpha value is -3.16. The number of nitrogens with two attached hydrogens (primary N) is 1. The van der Waals surface area contributed by atoms with Gasteiger partial charge in [0.2, 0.25) is 0 Å². The standard InChI is InChI=1S/C23H23N3O3S/c1-16(2)29-19-12-17(14-24)11-18(13-19)22-15-26(23-21(22)9-6-10-25-23)30(27,28)20-7-4-3-5-8-20/h3-13,15-16H,14,24H2,1-2H3. The van der Waals surface area contributed by atoms with Crippen molar-refractivity contribution in [3.05, 3.63) is 78.6 Å². The summed E-state index contributed by atoms with van der Waals surface area (Å²) in [7, 11) is -3.80. The van der Waals surface area contributed by atoms with Gasteiger partial charge in [0.1, 0.15) is 5.75 Å². The van der Waals surface area contributed by atoms with E-state index in [1.165, 1.54) is 3.97 Å². The second kappa shape index (κ2) is 7.93. The van der Waals surface area contributed by atoms with Crippen LogP contribution in [0.25, 0.3) is 22.2 Å². The smallest absolute Gasteiger partial charge is 0.269 e. The molecule has 0 bridgehead atoms. The van der Waals surface area contributed by atoms with Crippen LogP contribution >= 0.6 is 0 Å². The fraction of sp³-hybridized carbons (Fsp3) is 0.174. The number of aromatic nitrogens is 2. The molecule has 0 saturated heterocycles. The van der Waals surface area contributed by atoms with Crippen molar-refractivity contribution in [1.82, 2.24) is 8.96 Å². The minimum atomic E-state index is -3.80. The van der Waals surface area contributed by atoms with Gasteiger partial charge in [-0.05, 0) is 67.4 Å². The van der Waals surface area contributed by atoms with Gasteiger partial charge in [-0.3, -0.25) is 0 Å². The molecule has 0 unspecified atom stereocenters. The van der Waals surface area contributed by atoms with Crippen molar-refractivity contribution >= 4 is 21.1 Å². The number of hydrogen-bond acceptors (Lipinski definition) is 5. The molecule has 0 aliphatic rings. The van der Waals surface area contributed by atoms with Gasteiger partial charge in [0, 0.05) is 29.9 Å². The summed E-state index contributed by atoms with van der Waals surface area (Å²) >= 11 is 0. The number of rotatable bonds is 6. The first kappa shape index (κ1) is 20.1. The average Bonchev–Trinajstić information content (AvgIpc) is 3.14. The van der Waals surface area contributed by atoms with Crippen LogP contribution in [0.2, 0.25) is 0 Å². The molecule has 154 valence electrons. The lowest BCUT2D eigenvalue weighted by Gasteiger charge is -2.13. The number of pyridine rings is 1. The van der Waals surface area contributed by atoms with Gasteiger partial charge >= 0.3 is 0 Å². The molecule has 0 radical (unpaired) electrons. The predicted octanol–water partition coefficient (Wildman–Crippen LogP) is 4.19. The van der Waals surface area contributed by atoms with E-state index in [-0.39, 0.29) is 11.0 Å². The highest BCUT2D eigenvalue weighted by Gasteiger charge is 2.22. The van der Waals surface area contributed by atoms with E-state index in [9.17, 15) is 8.42 Å². The quantitative estimate of drug-likeness (QED) is 0.504. The normalized spacial score (nSPS) is 11.9. The summed E-state index contributed by atoms with van der Waals surface area (Å²) < 4.78 is 33.7. The van der Waals surface area contributed by atoms with E-state index in [1.807, 2.05) is 38.1 Å². The van der Waals surface area contributed by atoms with Gasteiger partial charge in [0.15, 0.2) is 5.65 Å². The SMILES string of the molecule is CC(C)Oc1cc(CN)cc(-c2cn(S(=O)(=O)c3ccccc3)c3ncccc23)c1. The minimum absolute atomic E-state index is 0.00680. The van der Waals surface area contributed by atoms with Crippen molar-refractivity contribution < 1.29 is 13.2 Å². The first-order chi connectivity index (χ1) is 14.4. The van der Waals surface area contributed by atoms with Gasteiger partial charge in [-0.15, -0.1) is 0 Å². The van der Waals surface area contributed by atoms with E-state index in [0.29, 0.717) is 17.9 Å². The van der Waals surface area contributed by atoms with Crippen LogP contribution in [0.1, 0.15) is 19.4 Å².